The van der Waals surface area contributed by atoms with Gasteiger partial charge in [-0.05, 0) is 5.56 Å². The molecule has 0 radical (unpaired) electrons. The molecule has 1 fully saturated rings. The number of aromatic nitrogens is 4. The molecule has 1 aliphatic rings. The lowest BCUT2D eigenvalue weighted by Crippen LogP contribution is -2.28. The summed E-state index contributed by atoms with van der Waals surface area (Å²) in [5.41, 5.74) is 7.45. The van der Waals surface area contributed by atoms with Gasteiger partial charge >= 0.3 is 6.16 Å². The van der Waals surface area contributed by atoms with Gasteiger partial charge in [-0.15, -0.1) is 0 Å². The summed E-state index contributed by atoms with van der Waals surface area (Å²) in [7, 11) is 0. The van der Waals surface area contributed by atoms with E-state index >= 15 is 0 Å². The number of aliphatic hydroxyl groups is 1. The van der Waals surface area contributed by atoms with Crippen LogP contribution in [0.3, 0.4) is 0 Å². The van der Waals surface area contributed by atoms with Crippen molar-refractivity contribution in [1.29, 1.82) is 0 Å². The number of hydrogen-bond acceptors (Lipinski definition) is 11. The molecular weight excluding hydrogens is 424 g/mol. The summed E-state index contributed by atoms with van der Waals surface area (Å²) in [5, 5.41) is 20.9. The Morgan fingerprint density at radius 1 is 1.28 bits per heavy atom. The predicted octanol–water partition coefficient (Wildman–Crippen LogP) is 1.36. The first-order chi connectivity index (χ1) is 15.4. The Labute approximate surface area is 180 Å². The van der Waals surface area contributed by atoms with Crippen LogP contribution in [-0.2, 0) is 20.6 Å². The smallest absolute Gasteiger partial charge is 0.434 e. The van der Waals surface area contributed by atoms with Crippen molar-refractivity contribution in [2.45, 2.75) is 31.3 Å². The minimum atomic E-state index is -0.903. The molecule has 0 aliphatic carbocycles. The van der Waals surface area contributed by atoms with Crippen molar-refractivity contribution in [3.05, 3.63) is 52.6 Å². The highest BCUT2D eigenvalue weighted by molar-refractivity contribution is 5.81. The lowest BCUT2D eigenvalue weighted by Gasteiger charge is -2.15. The molecule has 1 aliphatic heterocycles. The zero-order chi connectivity index (χ0) is 22.7. The van der Waals surface area contributed by atoms with Gasteiger partial charge in [0.2, 0.25) is 0 Å². The van der Waals surface area contributed by atoms with Crippen LogP contribution in [0.15, 0.2) is 36.9 Å². The van der Waals surface area contributed by atoms with Crippen LogP contribution in [0, 0.1) is 10.1 Å². The van der Waals surface area contributed by atoms with E-state index in [2.05, 4.69) is 15.0 Å². The third-order valence-electron chi connectivity index (χ3n) is 5.02. The molecule has 3 aromatic rings. The molecule has 1 aromatic carbocycles. The number of carbonyl (C=O) groups excluding carboxylic acids is 1. The van der Waals surface area contributed by atoms with Gasteiger partial charge < -0.3 is 25.1 Å². The second-order valence-corrected chi connectivity index (χ2v) is 7.10. The molecule has 0 amide bonds. The molecule has 0 saturated carbocycles. The molecule has 13 nitrogen and oxygen atoms in total. The molecule has 0 spiro atoms. The summed E-state index contributed by atoms with van der Waals surface area (Å²) in [5.74, 6) is 0.239. The van der Waals surface area contributed by atoms with E-state index in [1.165, 1.54) is 24.8 Å². The van der Waals surface area contributed by atoms with Gasteiger partial charge in [0.1, 0.15) is 30.8 Å². The molecule has 3 N–H and O–H groups in total. The maximum atomic E-state index is 11.8. The number of non-ortho nitro benzene ring substituents is 1. The number of rotatable bonds is 7. The fourth-order valence-electron chi connectivity index (χ4n) is 3.35. The molecule has 32 heavy (non-hydrogen) atoms. The van der Waals surface area contributed by atoms with Crippen molar-refractivity contribution in [2.24, 2.45) is 0 Å². The van der Waals surface area contributed by atoms with E-state index < -0.39 is 29.5 Å². The minimum Gasteiger partial charge on any atom is -0.434 e. The highest BCUT2D eigenvalue weighted by Crippen LogP contribution is 2.31. The number of ether oxygens (including phenoxy) is 3. The molecule has 0 unspecified atom stereocenters. The van der Waals surface area contributed by atoms with E-state index in [0.29, 0.717) is 17.6 Å². The number of anilines is 1. The van der Waals surface area contributed by atoms with E-state index in [1.54, 1.807) is 16.7 Å². The number of carbonyl (C=O) groups is 1. The average Bonchev–Trinajstić information content (AvgIpc) is 3.37. The molecule has 0 bridgehead atoms. The van der Waals surface area contributed by atoms with Gasteiger partial charge in [-0.25, -0.2) is 19.7 Å². The Morgan fingerprint density at radius 2 is 2.06 bits per heavy atom. The van der Waals surface area contributed by atoms with Crippen molar-refractivity contribution in [3.8, 4) is 0 Å². The number of nitro groups is 1. The maximum absolute atomic E-state index is 11.8. The average molecular weight is 444 g/mol. The van der Waals surface area contributed by atoms with Crippen molar-refractivity contribution in [1.82, 2.24) is 19.5 Å². The first-order valence-electron chi connectivity index (χ1n) is 9.72. The summed E-state index contributed by atoms with van der Waals surface area (Å²) >= 11 is 0. The number of fused-ring (bicyclic) bond motifs is 1. The van der Waals surface area contributed by atoms with Gasteiger partial charge in [-0.3, -0.25) is 14.7 Å². The monoisotopic (exact) mass is 444 g/mol. The Balaban J connectivity index is 1.24. The van der Waals surface area contributed by atoms with Gasteiger partial charge in [-0.1, -0.05) is 12.1 Å². The summed E-state index contributed by atoms with van der Waals surface area (Å²) in [6.45, 7) is -0.159. The predicted molar refractivity (Wildman–Crippen MR) is 108 cm³/mol. The van der Waals surface area contributed by atoms with Gasteiger partial charge in [0.25, 0.3) is 5.69 Å². The quantitative estimate of drug-likeness (QED) is 0.305. The second-order valence-electron chi connectivity index (χ2n) is 7.10. The highest BCUT2D eigenvalue weighted by Gasteiger charge is 2.36. The molecule has 3 heterocycles. The lowest BCUT2D eigenvalue weighted by molar-refractivity contribution is -0.384. The molecule has 4 rings (SSSR count). The van der Waals surface area contributed by atoms with Gasteiger partial charge in [0, 0.05) is 25.0 Å². The van der Waals surface area contributed by atoms with Crippen LogP contribution in [0.2, 0.25) is 0 Å². The Kier molecular flexibility index (Phi) is 6.09. The zero-order valence-electron chi connectivity index (χ0n) is 16.7. The molecule has 13 heteroatoms. The van der Waals surface area contributed by atoms with Crippen LogP contribution < -0.4 is 5.73 Å². The van der Waals surface area contributed by atoms with E-state index in [1.807, 2.05) is 0 Å². The molecular formula is C19H20N6O7. The summed E-state index contributed by atoms with van der Waals surface area (Å²) < 4.78 is 17.5. The van der Waals surface area contributed by atoms with Crippen LogP contribution in [0.5, 0.6) is 0 Å². The number of nitrogen functional groups attached to an aromatic ring is 1. The first kappa shape index (κ1) is 21.4. The Morgan fingerprint density at radius 3 is 2.81 bits per heavy atom. The standard InChI is InChI=1S/C19H20N6O7/c20-17-16-18(22-9-21-17)24(10-23-16)15-7-13(26)14(32-15)8-31-19(27)30-6-5-11-1-3-12(4-2-11)25(28)29/h1-4,9-10,13-15,26H,5-8H2,(H2,20,21,22)/t13-,14+,15+/m0/s1. The summed E-state index contributed by atoms with van der Waals surface area (Å²) in [4.78, 5) is 34.2. The number of hydrogen-bond donors (Lipinski definition) is 2. The van der Waals surface area contributed by atoms with Crippen LogP contribution in [0.1, 0.15) is 18.2 Å². The van der Waals surface area contributed by atoms with Crippen molar-refractivity contribution < 1.29 is 29.0 Å². The van der Waals surface area contributed by atoms with Crippen LogP contribution >= 0.6 is 0 Å². The van der Waals surface area contributed by atoms with Crippen LogP contribution in [0.25, 0.3) is 11.2 Å². The van der Waals surface area contributed by atoms with E-state index in [4.69, 9.17) is 19.9 Å². The van der Waals surface area contributed by atoms with Gasteiger partial charge in [-0.2, -0.15) is 0 Å². The van der Waals surface area contributed by atoms with Crippen LogP contribution in [0.4, 0.5) is 16.3 Å². The second kappa shape index (κ2) is 9.11. The fraction of sp³-hybridized carbons (Fsp3) is 0.368. The maximum Gasteiger partial charge on any atom is 0.508 e. The van der Waals surface area contributed by atoms with Gasteiger partial charge in [0.05, 0.1) is 24.0 Å². The topological polar surface area (TPSA) is 178 Å². The third kappa shape index (κ3) is 4.58. The normalized spacial score (nSPS) is 20.3. The van der Waals surface area contributed by atoms with E-state index in [0.717, 1.165) is 5.56 Å². The fourth-order valence-corrected chi connectivity index (χ4v) is 3.35. The number of aliphatic hydroxyl groups excluding tert-OH is 1. The number of nitrogens with two attached hydrogens (primary N) is 1. The van der Waals surface area contributed by atoms with Crippen molar-refractivity contribution in [3.63, 3.8) is 0 Å². The Bertz CT molecular complexity index is 1120. The number of nitro benzene ring substituents is 1. The minimum absolute atomic E-state index is 0.0119. The van der Waals surface area contributed by atoms with Gasteiger partial charge in [0.15, 0.2) is 11.5 Å². The highest BCUT2D eigenvalue weighted by atomic mass is 16.7. The van der Waals surface area contributed by atoms with Crippen molar-refractivity contribution >= 4 is 28.8 Å². The molecule has 2 aromatic heterocycles. The summed E-state index contributed by atoms with van der Waals surface area (Å²) in [6.07, 6.45) is 0.353. The van der Waals surface area contributed by atoms with Crippen LogP contribution in [-0.4, -0.2) is 61.1 Å². The number of benzene rings is 1. The molecule has 1 saturated heterocycles. The summed E-state index contributed by atoms with van der Waals surface area (Å²) in [6, 6.07) is 5.95. The lowest BCUT2D eigenvalue weighted by atomic mass is 10.1. The molecule has 3 atom stereocenters. The SMILES string of the molecule is Nc1ncnc2c1ncn2[C@H]1C[C@H](O)[C@@H](COC(=O)OCCc2ccc([N+](=O)[O-])cc2)O1. The number of imidazole rings is 1. The Hall–Kier alpha value is -3.84. The third-order valence-corrected chi connectivity index (χ3v) is 5.02. The first-order valence-corrected chi connectivity index (χ1v) is 9.72. The van der Waals surface area contributed by atoms with Crippen molar-refractivity contribution in [2.75, 3.05) is 18.9 Å². The number of nitrogens with zero attached hydrogens (tertiary/aromatic N) is 5. The largest absolute Gasteiger partial charge is 0.508 e. The van der Waals surface area contributed by atoms with E-state index in [-0.39, 0.29) is 31.1 Å². The van der Waals surface area contributed by atoms with E-state index in [9.17, 15) is 20.0 Å². The zero-order valence-corrected chi connectivity index (χ0v) is 16.7. The molecule has 168 valence electrons.